The fourth-order valence-electron chi connectivity index (χ4n) is 3.35. The van der Waals surface area contributed by atoms with Gasteiger partial charge in [-0.25, -0.2) is 9.37 Å². The van der Waals surface area contributed by atoms with Crippen LogP contribution >= 0.6 is 0 Å². The lowest BCUT2D eigenvalue weighted by atomic mass is 9.80. The van der Waals surface area contributed by atoms with Crippen LogP contribution in [-0.2, 0) is 11.8 Å². The molecule has 0 saturated carbocycles. The Labute approximate surface area is 172 Å². The molecule has 0 spiro atoms. The molecule has 0 atom stereocenters. The summed E-state index contributed by atoms with van der Waals surface area (Å²) in [6.45, 7) is 7.17. The lowest BCUT2D eigenvalue weighted by Crippen LogP contribution is -2.17. The molecule has 1 heterocycles. The van der Waals surface area contributed by atoms with Gasteiger partial charge in [-0.15, -0.1) is 0 Å². The van der Waals surface area contributed by atoms with Gasteiger partial charge in [0.15, 0.2) is 11.6 Å². The summed E-state index contributed by atoms with van der Waals surface area (Å²) in [5, 5.41) is 0. The van der Waals surface area contributed by atoms with Gasteiger partial charge in [-0.2, -0.15) is 0 Å². The third-order valence-corrected chi connectivity index (χ3v) is 5.06. The minimum Gasteiger partial charge on any atom is -0.494 e. The molecular weight excluding hydrogens is 365 g/mol. The van der Waals surface area contributed by atoms with Gasteiger partial charge < -0.3 is 9.47 Å². The maximum Gasteiger partial charge on any atom is 0.219 e. The summed E-state index contributed by atoms with van der Waals surface area (Å²) in [5.41, 5.74) is 2.40. The predicted octanol–water partition coefficient (Wildman–Crippen LogP) is 6.71. The van der Waals surface area contributed by atoms with Crippen molar-refractivity contribution in [2.75, 3.05) is 6.61 Å². The van der Waals surface area contributed by atoms with E-state index in [2.05, 4.69) is 31.0 Å². The minimum atomic E-state index is -0.380. The summed E-state index contributed by atoms with van der Waals surface area (Å²) in [6, 6.07) is 18.7. The Morgan fingerprint density at radius 3 is 2.48 bits per heavy atom. The molecule has 0 amide bonds. The molecule has 3 aromatic rings. The molecule has 2 aromatic carbocycles. The summed E-state index contributed by atoms with van der Waals surface area (Å²) in [5.74, 6) is 1.13. The van der Waals surface area contributed by atoms with Crippen molar-refractivity contribution < 1.29 is 13.9 Å². The molecule has 0 unspecified atom stereocenters. The van der Waals surface area contributed by atoms with E-state index in [-0.39, 0.29) is 17.0 Å². The molecule has 0 aliphatic rings. The van der Waals surface area contributed by atoms with Crippen molar-refractivity contribution in [3.8, 4) is 17.4 Å². The second-order valence-corrected chi connectivity index (χ2v) is 7.73. The summed E-state index contributed by atoms with van der Waals surface area (Å²) in [4.78, 5) is 4.09. The highest BCUT2D eigenvalue weighted by molar-refractivity contribution is 5.34. The van der Waals surface area contributed by atoms with E-state index >= 15 is 0 Å². The lowest BCUT2D eigenvalue weighted by molar-refractivity contribution is 0.339. The van der Waals surface area contributed by atoms with E-state index in [1.165, 1.54) is 11.6 Å². The van der Waals surface area contributed by atoms with Crippen LogP contribution in [0.2, 0.25) is 0 Å². The first kappa shape index (κ1) is 20.8. The van der Waals surface area contributed by atoms with Crippen LogP contribution in [0.3, 0.4) is 0 Å². The van der Waals surface area contributed by atoms with Gasteiger partial charge in [0.05, 0.1) is 6.61 Å². The number of ether oxygens (including phenoxy) is 2. The fraction of sp³-hybridized carbons (Fsp3) is 0.320. The van der Waals surface area contributed by atoms with Crippen molar-refractivity contribution in [3.63, 3.8) is 0 Å². The van der Waals surface area contributed by atoms with Crippen LogP contribution in [0.25, 0.3) is 0 Å². The molecule has 3 nitrogen and oxygen atoms in total. The number of rotatable bonds is 9. The molecule has 152 valence electrons. The molecule has 0 fully saturated rings. The summed E-state index contributed by atoms with van der Waals surface area (Å²) in [6.07, 6.45) is 4.50. The molecule has 0 saturated heterocycles. The average Bonchev–Trinajstić information content (AvgIpc) is 2.72. The van der Waals surface area contributed by atoms with Crippen molar-refractivity contribution >= 4 is 0 Å². The van der Waals surface area contributed by atoms with E-state index in [0.717, 1.165) is 30.6 Å². The number of pyridine rings is 1. The van der Waals surface area contributed by atoms with Gasteiger partial charge in [-0.1, -0.05) is 38.1 Å². The Hall–Kier alpha value is -2.88. The molecule has 0 radical (unpaired) electrons. The van der Waals surface area contributed by atoms with Gasteiger partial charge in [0.25, 0.3) is 0 Å². The smallest absolute Gasteiger partial charge is 0.219 e. The van der Waals surface area contributed by atoms with Crippen LogP contribution in [0.15, 0.2) is 66.9 Å². The zero-order valence-corrected chi connectivity index (χ0v) is 17.3. The molecule has 0 bridgehead atoms. The highest BCUT2D eigenvalue weighted by Crippen LogP contribution is 2.31. The van der Waals surface area contributed by atoms with Crippen LogP contribution in [0.4, 0.5) is 4.39 Å². The monoisotopic (exact) mass is 393 g/mol. The van der Waals surface area contributed by atoms with Crippen LogP contribution < -0.4 is 9.47 Å². The number of benzene rings is 2. The maximum atomic E-state index is 14.1. The fourth-order valence-corrected chi connectivity index (χ4v) is 3.35. The Bertz CT molecular complexity index is 908. The third kappa shape index (κ3) is 5.80. The van der Waals surface area contributed by atoms with Crippen molar-refractivity contribution in [2.45, 2.75) is 45.4 Å². The number of aromatic nitrogens is 1. The minimum absolute atomic E-state index is 0.0536. The van der Waals surface area contributed by atoms with Crippen molar-refractivity contribution in [1.29, 1.82) is 0 Å². The van der Waals surface area contributed by atoms with Gasteiger partial charge in [-0.3, -0.25) is 0 Å². The SMILES string of the molecule is CCOc1ccc(C(C)(C)CCCc2ccc(F)c(Oc3ccccn3)c2)cc1. The first-order valence-corrected chi connectivity index (χ1v) is 10.1. The third-order valence-electron chi connectivity index (χ3n) is 5.06. The van der Waals surface area contributed by atoms with Crippen LogP contribution in [0.1, 0.15) is 44.7 Å². The van der Waals surface area contributed by atoms with Crippen LogP contribution in [0, 0.1) is 5.82 Å². The maximum absolute atomic E-state index is 14.1. The van der Waals surface area contributed by atoms with Crippen LogP contribution in [0.5, 0.6) is 17.4 Å². The van der Waals surface area contributed by atoms with E-state index in [1.54, 1.807) is 24.4 Å². The quantitative estimate of drug-likeness (QED) is 0.405. The number of nitrogens with zero attached hydrogens (tertiary/aromatic N) is 1. The highest BCUT2D eigenvalue weighted by Gasteiger charge is 2.20. The zero-order chi connectivity index (χ0) is 20.7. The number of hydrogen-bond acceptors (Lipinski definition) is 3. The number of halogens is 1. The Balaban J connectivity index is 1.60. The van der Waals surface area contributed by atoms with E-state index in [0.29, 0.717) is 12.5 Å². The molecule has 0 N–H and O–H groups in total. The molecule has 4 heteroatoms. The second kappa shape index (κ2) is 9.55. The molecule has 1 aromatic heterocycles. The van der Waals surface area contributed by atoms with Gasteiger partial charge in [0, 0.05) is 12.3 Å². The van der Waals surface area contributed by atoms with Crippen molar-refractivity contribution in [2.24, 2.45) is 0 Å². The average molecular weight is 394 g/mol. The first-order chi connectivity index (χ1) is 14.0. The van der Waals surface area contributed by atoms with E-state index in [1.807, 2.05) is 31.2 Å². The van der Waals surface area contributed by atoms with Gasteiger partial charge in [-0.05, 0) is 73.1 Å². The Morgan fingerprint density at radius 2 is 1.79 bits per heavy atom. The molecule has 3 rings (SSSR count). The van der Waals surface area contributed by atoms with Crippen molar-refractivity contribution in [1.82, 2.24) is 4.98 Å². The van der Waals surface area contributed by atoms with Crippen LogP contribution in [-0.4, -0.2) is 11.6 Å². The van der Waals surface area contributed by atoms with E-state index in [9.17, 15) is 4.39 Å². The van der Waals surface area contributed by atoms with Crippen molar-refractivity contribution in [3.05, 3.63) is 83.8 Å². The van der Waals surface area contributed by atoms with E-state index in [4.69, 9.17) is 9.47 Å². The number of aryl methyl sites for hydroxylation is 1. The zero-order valence-electron chi connectivity index (χ0n) is 17.3. The van der Waals surface area contributed by atoms with Gasteiger partial charge in [0.2, 0.25) is 5.88 Å². The molecular formula is C25H28FNO2. The summed E-state index contributed by atoms with van der Waals surface area (Å²) >= 11 is 0. The lowest BCUT2D eigenvalue weighted by Gasteiger charge is -2.25. The largest absolute Gasteiger partial charge is 0.494 e. The Morgan fingerprint density at radius 1 is 1.00 bits per heavy atom. The van der Waals surface area contributed by atoms with E-state index < -0.39 is 0 Å². The molecule has 0 aliphatic heterocycles. The second-order valence-electron chi connectivity index (χ2n) is 7.73. The standard InChI is InChI=1S/C25H28FNO2/c1-4-28-21-13-11-20(12-14-21)25(2,3)16-7-8-19-10-15-22(26)23(18-19)29-24-9-5-6-17-27-24/h5-6,9-15,17-18H,4,7-8,16H2,1-3H3. The first-order valence-electron chi connectivity index (χ1n) is 10.1. The summed E-state index contributed by atoms with van der Waals surface area (Å²) < 4.78 is 25.2. The van der Waals surface area contributed by atoms with Gasteiger partial charge in [0.1, 0.15) is 5.75 Å². The predicted molar refractivity (Wildman–Crippen MR) is 114 cm³/mol. The molecule has 0 aliphatic carbocycles. The normalized spacial score (nSPS) is 11.3. The van der Waals surface area contributed by atoms with Gasteiger partial charge >= 0.3 is 0 Å². The summed E-state index contributed by atoms with van der Waals surface area (Å²) in [7, 11) is 0. The Kier molecular flexibility index (Phi) is 6.86. The number of hydrogen-bond donors (Lipinski definition) is 0. The molecule has 29 heavy (non-hydrogen) atoms. The topological polar surface area (TPSA) is 31.4 Å². The highest BCUT2D eigenvalue weighted by atomic mass is 19.1.